The largest absolute Gasteiger partial charge is 0.479 e. The Balaban J connectivity index is 2.86. The van der Waals surface area contributed by atoms with Crippen LogP contribution < -0.4 is 0 Å². The molecule has 1 N–H and O–H groups in total. The van der Waals surface area contributed by atoms with Gasteiger partial charge in [0.1, 0.15) is 5.60 Å². The molecule has 0 aliphatic carbocycles. The molecule has 1 heterocycles. The van der Waals surface area contributed by atoms with E-state index in [-0.39, 0.29) is 13.1 Å². The zero-order valence-electron chi connectivity index (χ0n) is 13.0. The number of likely N-dealkylation sites (N-methyl/N-ethyl adjacent to an activating group) is 1. The van der Waals surface area contributed by atoms with E-state index in [9.17, 15) is 14.4 Å². The van der Waals surface area contributed by atoms with E-state index >= 15 is 0 Å². The quantitative estimate of drug-likeness (QED) is 0.780. The van der Waals surface area contributed by atoms with Crippen molar-refractivity contribution in [3.63, 3.8) is 0 Å². The van der Waals surface area contributed by atoms with E-state index < -0.39 is 35.8 Å². The van der Waals surface area contributed by atoms with Gasteiger partial charge in [-0.1, -0.05) is 0 Å². The highest BCUT2D eigenvalue weighted by molar-refractivity contribution is 5.83. The van der Waals surface area contributed by atoms with Gasteiger partial charge < -0.3 is 24.4 Å². The van der Waals surface area contributed by atoms with Gasteiger partial charge in [0.2, 0.25) is 0 Å². The Morgan fingerprint density at radius 1 is 1.19 bits per heavy atom. The summed E-state index contributed by atoms with van der Waals surface area (Å²) < 4.78 is 10.4. The molecule has 1 aliphatic heterocycles. The molecule has 2 amide bonds. The van der Waals surface area contributed by atoms with Crippen LogP contribution in [0.4, 0.5) is 4.79 Å². The predicted octanol–water partition coefficient (Wildman–Crippen LogP) is 0.164. The van der Waals surface area contributed by atoms with Crippen LogP contribution in [0, 0.1) is 0 Å². The fraction of sp³-hybridized carbons (Fsp3) is 0.769. The molecule has 0 saturated carbocycles. The molecule has 1 saturated heterocycles. The highest BCUT2D eigenvalue weighted by Crippen LogP contribution is 2.17. The number of hydrogen-bond donors (Lipinski definition) is 1. The SMILES string of the molecule is CN(C)C(=O)[C@@H]1CN(C(=O)OC(C)(C)C)C[C@H](C(=O)O)O1. The molecule has 0 unspecified atom stereocenters. The normalized spacial score (nSPS) is 22.6. The zero-order chi connectivity index (χ0) is 16.4. The summed E-state index contributed by atoms with van der Waals surface area (Å²) in [6, 6.07) is 0. The Hall–Kier alpha value is -1.83. The Bertz CT molecular complexity index is 429. The first kappa shape index (κ1) is 17.2. The number of carbonyl (C=O) groups excluding carboxylic acids is 2. The average Bonchev–Trinajstić information content (AvgIpc) is 2.35. The van der Waals surface area contributed by atoms with Gasteiger partial charge in [0, 0.05) is 14.1 Å². The minimum atomic E-state index is -1.25. The Morgan fingerprint density at radius 2 is 1.71 bits per heavy atom. The van der Waals surface area contributed by atoms with Gasteiger partial charge >= 0.3 is 12.1 Å². The molecule has 0 aromatic rings. The molecule has 0 aromatic carbocycles. The third kappa shape index (κ3) is 4.89. The van der Waals surface area contributed by atoms with Gasteiger partial charge in [-0.15, -0.1) is 0 Å². The van der Waals surface area contributed by atoms with E-state index in [2.05, 4.69) is 0 Å². The number of hydrogen-bond acceptors (Lipinski definition) is 5. The highest BCUT2D eigenvalue weighted by atomic mass is 16.6. The Morgan fingerprint density at radius 3 is 2.14 bits per heavy atom. The number of morpholine rings is 1. The van der Waals surface area contributed by atoms with Crippen molar-refractivity contribution in [2.45, 2.75) is 38.6 Å². The highest BCUT2D eigenvalue weighted by Gasteiger charge is 2.39. The lowest BCUT2D eigenvalue weighted by atomic mass is 10.2. The number of carboxylic acid groups (broad SMARTS) is 1. The van der Waals surface area contributed by atoms with Crippen molar-refractivity contribution in [3.8, 4) is 0 Å². The molecule has 1 rings (SSSR count). The molecule has 0 bridgehead atoms. The summed E-state index contributed by atoms with van der Waals surface area (Å²) in [5, 5.41) is 9.08. The molecule has 8 heteroatoms. The van der Waals surface area contributed by atoms with Gasteiger partial charge in [-0.3, -0.25) is 4.79 Å². The van der Waals surface area contributed by atoms with E-state index in [1.165, 1.54) is 23.9 Å². The third-order valence-electron chi connectivity index (χ3n) is 2.74. The molecule has 0 radical (unpaired) electrons. The minimum absolute atomic E-state index is 0.0320. The number of rotatable bonds is 2. The number of amides is 2. The second-order valence-corrected chi connectivity index (χ2v) is 6.07. The van der Waals surface area contributed by atoms with Gasteiger partial charge in [-0.25, -0.2) is 9.59 Å². The van der Waals surface area contributed by atoms with Crippen LogP contribution in [-0.2, 0) is 19.1 Å². The number of carboxylic acids is 1. The summed E-state index contributed by atoms with van der Waals surface area (Å²) in [5.41, 5.74) is -0.699. The molecular weight excluding hydrogens is 280 g/mol. The van der Waals surface area contributed by atoms with Crippen LogP contribution in [0.2, 0.25) is 0 Å². The topological polar surface area (TPSA) is 96.4 Å². The summed E-state index contributed by atoms with van der Waals surface area (Å²) in [6.45, 7) is 4.95. The number of nitrogens with zero attached hydrogens (tertiary/aromatic N) is 2. The van der Waals surface area contributed by atoms with Crippen molar-refractivity contribution in [1.29, 1.82) is 0 Å². The first-order chi connectivity index (χ1) is 9.51. The Labute approximate surface area is 123 Å². The van der Waals surface area contributed by atoms with Crippen molar-refractivity contribution in [2.24, 2.45) is 0 Å². The van der Waals surface area contributed by atoms with Crippen molar-refractivity contribution in [1.82, 2.24) is 9.80 Å². The second-order valence-electron chi connectivity index (χ2n) is 6.07. The maximum Gasteiger partial charge on any atom is 0.410 e. The molecule has 1 aliphatic rings. The van der Waals surface area contributed by atoms with Gasteiger partial charge in [0.05, 0.1) is 13.1 Å². The summed E-state index contributed by atoms with van der Waals surface area (Å²) in [6.07, 6.45) is -2.92. The predicted molar refractivity (Wildman–Crippen MR) is 72.8 cm³/mol. The van der Waals surface area contributed by atoms with E-state index in [0.717, 1.165) is 0 Å². The summed E-state index contributed by atoms with van der Waals surface area (Å²) in [5.74, 6) is -1.62. The molecule has 2 atom stereocenters. The van der Waals surface area contributed by atoms with Crippen molar-refractivity contribution < 1.29 is 29.0 Å². The average molecular weight is 302 g/mol. The van der Waals surface area contributed by atoms with Crippen LogP contribution >= 0.6 is 0 Å². The summed E-state index contributed by atoms with van der Waals surface area (Å²) in [4.78, 5) is 37.6. The lowest BCUT2D eigenvalue weighted by Crippen LogP contribution is -2.57. The van der Waals surface area contributed by atoms with Gasteiger partial charge in [-0.05, 0) is 20.8 Å². The first-order valence-electron chi connectivity index (χ1n) is 6.58. The molecule has 1 fully saturated rings. The maximum absolute atomic E-state index is 12.1. The van der Waals surface area contributed by atoms with E-state index in [0.29, 0.717) is 0 Å². The summed E-state index contributed by atoms with van der Waals surface area (Å²) in [7, 11) is 3.07. The Kier molecular flexibility index (Phi) is 5.16. The monoisotopic (exact) mass is 302 g/mol. The van der Waals surface area contributed by atoms with E-state index in [4.69, 9.17) is 14.6 Å². The zero-order valence-corrected chi connectivity index (χ0v) is 13.0. The first-order valence-corrected chi connectivity index (χ1v) is 6.58. The summed E-state index contributed by atoms with van der Waals surface area (Å²) >= 11 is 0. The van der Waals surface area contributed by atoms with Crippen LogP contribution in [0.15, 0.2) is 0 Å². The van der Waals surface area contributed by atoms with Gasteiger partial charge in [0.25, 0.3) is 5.91 Å². The number of ether oxygens (including phenoxy) is 2. The third-order valence-corrected chi connectivity index (χ3v) is 2.74. The second kappa shape index (κ2) is 6.30. The molecular formula is C13H22N2O6. The molecule has 120 valence electrons. The van der Waals surface area contributed by atoms with Gasteiger partial charge in [0.15, 0.2) is 12.2 Å². The van der Waals surface area contributed by atoms with Crippen molar-refractivity contribution in [2.75, 3.05) is 27.2 Å². The fourth-order valence-corrected chi connectivity index (χ4v) is 1.80. The fourth-order valence-electron chi connectivity index (χ4n) is 1.80. The standard InChI is InChI=1S/C13H22N2O6/c1-13(2,3)21-12(19)15-6-8(10(16)14(4)5)20-9(7-15)11(17)18/h8-9H,6-7H2,1-5H3,(H,17,18)/t8-,9+/m0/s1. The van der Waals surface area contributed by atoms with Crippen LogP contribution in [0.3, 0.4) is 0 Å². The van der Waals surface area contributed by atoms with Crippen molar-refractivity contribution >= 4 is 18.0 Å². The molecule has 0 spiro atoms. The minimum Gasteiger partial charge on any atom is -0.479 e. The van der Waals surface area contributed by atoms with Crippen LogP contribution in [0.25, 0.3) is 0 Å². The van der Waals surface area contributed by atoms with E-state index in [1.807, 2.05) is 0 Å². The molecule has 0 aromatic heterocycles. The smallest absolute Gasteiger partial charge is 0.410 e. The van der Waals surface area contributed by atoms with Crippen LogP contribution in [0.5, 0.6) is 0 Å². The number of carbonyl (C=O) groups is 3. The molecule has 8 nitrogen and oxygen atoms in total. The lowest BCUT2D eigenvalue weighted by Gasteiger charge is -2.37. The van der Waals surface area contributed by atoms with E-state index in [1.54, 1.807) is 20.8 Å². The molecule has 21 heavy (non-hydrogen) atoms. The maximum atomic E-state index is 12.1. The number of aliphatic carboxylic acids is 1. The van der Waals surface area contributed by atoms with Crippen LogP contribution in [0.1, 0.15) is 20.8 Å². The lowest BCUT2D eigenvalue weighted by molar-refractivity contribution is -0.170. The van der Waals surface area contributed by atoms with Crippen LogP contribution in [-0.4, -0.2) is 77.9 Å². The van der Waals surface area contributed by atoms with Gasteiger partial charge in [-0.2, -0.15) is 0 Å². The van der Waals surface area contributed by atoms with Crippen molar-refractivity contribution in [3.05, 3.63) is 0 Å².